The quantitative estimate of drug-likeness (QED) is 0.805. The molecule has 1 rings (SSSR count). The number of carbonyl (C=O) groups is 2. The number of hydrogen-bond acceptors (Lipinski definition) is 4. The van der Waals surface area contributed by atoms with Crippen molar-refractivity contribution in [2.24, 2.45) is 5.73 Å². The Labute approximate surface area is 144 Å². The third-order valence-corrected chi connectivity index (χ3v) is 3.51. The van der Waals surface area contributed by atoms with Crippen LogP contribution in [0.2, 0.25) is 0 Å². The number of methoxy groups -OCH3 is 1. The Bertz CT molecular complexity index is 522. The molecule has 6 heteroatoms. The van der Waals surface area contributed by atoms with Gasteiger partial charge in [-0.2, -0.15) is 0 Å². The summed E-state index contributed by atoms with van der Waals surface area (Å²) >= 11 is 0. The van der Waals surface area contributed by atoms with E-state index < -0.39 is 12.1 Å². The molecule has 0 fully saturated rings. The van der Waals surface area contributed by atoms with Crippen molar-refractivity contribution in [1.82, 2.24) is 5.32 Å². The molecule has 0 aromatic heterocycles. The van der Waals surface area contributed by atoms with Gasteiger partial charge in [-0.1, -0.05) is 45.0 Å². The van der Waals surface area contributed by atoms with E-state index >= 15 is 0 Å². The Morgan fingerprint density at radius 3 is 2.13 bits per heavy atom. The van der Waals surface area contributed by atoms with Crippen LogP contribution >= 0.6 is 12.4 Å². The Hall–Kier alpha value is -1.59. The lowest BCUT2D eigenvalue weighted by Gasteiger charge is -2.22. The topological polar surface area (TPSA) is 81.4 Å². The third-order valence-electron chi connectivity index (χ3n) is 3.51. The lowest BCUT2D eigenvalue weighted by molar-refractivity contribution is -0.141. The zero-order valence-electron chi connectivity index (χ0n) is 14.4. The predicted molar refractivity (Wildman–Crippen MR) is 93.6 cm³/mol. The average molecular weight is 343 g/mol. The first-order valence-corrected chi connectivity index (χ1v) is 7.38. The summed E-state index contributed by atoms with van der Waals surface area (Å²) in [6.45, 7) is 8.00. The molecule has 5 nitrogen and oxygen atoms in total. The summed E-state index contributed by atoms with van der Waals surface area (Å²) in [5, 5.41) is 2.79. The second-order valence-corrected chi connectivity index (χ2v) is 6.50. The van der Waals surface area contributed by atoms with Crippen LogP contribution in [-0.4, -0.2) is 25.0 Å². The summed E-state index contributed by atoms with van der Waals surface area (Å²) in [5.41, 5.74) is 7.67. The van der Waals surface area contributed by atoms with Gasteiger partial charge >= 0.3 is 5.97 Å². The van der Waals surface area contributed by atoms with Crippen LogP contribution in [0.15, 0.2) is 24.3 Å². The zero-order chi connectivity index (χ0) is 16.9. The maximum Gasteiger partial charge on any atom is 0.307 e. The van der Waals surface area contributed by atoms with E-state index in [4.69, 9.17) is 10.5 Å². The van der Waals surface area contributed by atoms with Crippen LogP contribution < -0.4 is 11.1 Å². The minimum absolute atomic E-state index is 0. The standard InChI is InChI=1S/C17H26N2O3.ClH/c1-11(18)16(21)19-14(10-15(20)22-5)12-6-8-13(9-7-12)17(2,3)4;/h6-9,11,14H,10,18H2,1-5H3,(H,19,21);1H/t11-,14?;/m0./s1. The number of benzene rings is 1. The zero-order valence-corrected chi connectivity index (χ0v) is 15.2. The summed E-state index contributed by atoms with van der Waals surface area (Å²) < 4.78 is 4.70. The van der Waals surface area contributed by atoms with Gasteiger partial charge in [0.1, 0.15) is 0 Å². The minimum atomic E-state index is -0.631. The molecule has 1 amide bonds. The third kappa shape index (κ3) is 6.59. The monoisotopic (exact) mass is 342 g/mol. The number of nitrogens with one attached hydrogen (secondary N) is 1. The molecule has 130 valence electrons. The van der Waals surface area contributed by atoms with Gasteiger partial charge in [0.05, 0.1) is 25.6 Å². The summed E-state index contributed by atoms with van der Waals surface area (Å²) in [7, 11) is 1.33. The van der Waals surface area contributed by atoms with Gasteiger partial charge in [0, 0.05) is 0 Å². The van der Waals surface area contributed by atoms with E-state index in [1.165, 1.54) is 12.7 Å². The lowest BCUT2D eigenvalue weighted by atomic mass is 9.86. The molecular formula is C17H27ClN2O3. The van der Waals surface area contributed by atoms with Gasteiger partial charge in [0.25, 0.3) is 0 Å². The Morgan fingerprint density at radius 2 is 1.74 bits per heavy atom. The van der Waals surface area contributed by atoms with Crippen LogP contribution in [0, 0.1) is 0 Å². The molecule has 0 aliphatic carbocycles. The van der Waals surface area contributed by atoms with Crippen LogP contribution in [0.5, 0.6) is 0 Å². The second kappa shape index (κ2) is 8.89. The average Bonchev–Trinajstić information content (AvgIpc) is 2.45. The minimum Gasteiger partial charge on any atom is -0.469 e. The van der Waals surface area contributed by atoms with Gasteiger partial charge < -0.3 is 15.8 Å². The number of amides is 1. The largest absolute Gasteiger partial charge is 0.469 e. The molecule has 1 aromatic rings. The molecule has 0 aliphatic heterocycles. The van der Waals surface area contributed by atoms with Crippen LogP contribution in [0.3, 0.4) is 0 Å². The van der Waals surface area contributed by atoms with Crippen molar-refractivity contribution >= 4 is 24.3 Å². The molecule has 0 saturated carbocycles. The first-order valence-electron chi connectivity index (χ1n) is 7.38. The first kappa shape index (κ1) is 21.4. The lowest BCUT2D eigenvalue weighted by Crippen LogP contribution is -2.41. The molecular weight excluding hydrogens is 316 g/mol. The highest BCUT2D eigenvalue weighted by Gasteiger charge is 2.21. The number of nitrogens with two attached hydrogens (primary N) is 1. The molecule has 0 bridgehead atoms. The van der Waals surface area contributed by atoms with E-state index in [1.807, 2.05) is 24.3 Å². The van der Waals surface area contributed by atoms with Crippen LogP contribution in [0.1, 0.15) is 51.3 Å². The molecule has 3 N–H and O–H groups in total. The van der Waals surface area contributed by atoms with Crippen LogP contribution in [0.4, 0.5) is 0 Å². The smallest absolute Gasteiger partial charge is 0.307 e. The summed E-state index contributed by atoms with van der Waals surface area (Å²) in [4.78, 5) is 23.4. The van der Waals surface area contributed by atoms with Crippen molar-refractivity contribution in [3.8, 4) is 0 Å². The predicted octanol–water partition coefficient (Wildman–Crippen LogP) is 2.47. The molecule has 0 radical (unpaired) electrons. The van der Waals surface area contributed by atoms with E-state index in [0.717, 1.165) is 5.56 Å². The van der Waals surface area contributed by atoms with E-state index in [9.17, 15) is 9.59 Å². The summed E-state index contributed by atoms with van der Waals surface area (Å²) in [6, 6.07) is 6.80. The van der Waals surface area contributed by atoms with Gasteiger partial charge in [0.15, 0.2) is 0 Å². The van der Waals surface area contributed by atoms with Crippen LogP contribution in [0.25, 0.3) is 0 Å². The van der Waals surface area contributed by atoms with E-state index in [1.54, 1.807) is 6.92 Å². The first-order chi connectivity index (χ1) is 10.1. The number of esters is 1. The molecule has 23 heavy (non-hydrogen) atoms. The number of rotatable bonds is 5. The van der Waals surface area contributed by atoms with Gasteiger partial charge in [-0.25, -0.2) is 0 Å². The number of carbonyl (C=O) groups excluding carboxylic acids is 2. The number of hydrogen-bond donors (Lipinski definition) is 2. The van der Waals surface area contributed by atoms with E-state index in [2.05, 4.69) is 26.1 Å². The second-order valence-electron chi connectivity index (χ2n) is 6.50. The fraction of sp³-hybridized carbons (Fsp3) is 0.529. The molecule has 1 unspecified atom stereocenters. The fourth-order valence-electron chi connectivity index (χ4n) is 2.02. The SMILES string of the molecule is COC(=O)CC(NC(=O)[C@H](C)N)c1ccc(C(C)(C)C)cc1.Cl. The molecule has 1 aromatic carbocycles. The fourth-order valence-corrected chi connectivity index (χ4v) is 2.02. The Morgan fingerprint density at radius 1 is 1.22 bits per heavy atom. The van der Waals surface area contributed by atoms with Crippen molar-refractivity contribution < 1.29 is 14.3 Å². The normalized spacial score (nSPS) is 13.5. The molecule has 0 saturated heterocycles. The molecule has 0 heterocycles. The summed E-state index contributed by atoms with van der Waals surface area (Å²) in [6.07, 6.45) is 0.0732. The van der Waals surface area contributed by atoms with Crippen molar-refractivity contribution in [3.63, 3.8) is 0 Å². The van der Waals surface area contributed by atoms with Gasteiger partial charge in [-0.05, 0) is 23.5 Å². The highest BCUT2D eigenvalue weighted by atomic mass is 35.5. The van der Waals surface area contributed by atoms with Gasteiger partial charge in [-0.15, -0.1) is 12.4 Å². The van der Waals surface area contributed by atoms with Crippen molar-refractivity contribution in [2.75, 3.05) is 7.11 Å². The molecule has 0 aliphatic rings. The number of halogens is 1. The number of ether oxygens (including phenoxy) is 1. The highest BCUT2D eigenvalue weighted by Crippen LogP contribution is 2.25. The van der Waals surface area contributed by atoms with Crippen molar-refractivity contribution in [1.29, 1.82) is 0 Å². The molecule has 2 atom stereocenters. The van der Waals surface area contributed by atoms with Crippen molar-refractivity contribution in [2.45, 2.75) is 51.6 Å². The molecule has 0 spiro atoms. The van der Waals surface area contributed by atoms with Gasteiger partial charge in [0.2, 0.25) is 5.91 Å². The van der Waals surface area contributed by atoms with Gasteiger partial charge in [-0.3, -0.25) is 9.59 Å². The van der Waals surface area contributed by atoms with Crippen molar-refractivity contribution in [3.05, 3.63) is 35.4 Å². The Kier molecular flexibility index (Phi) is 8.28. The summed E-state index contributed by atoms with van der Waals surface area (Å²) in [5.74, 6) is -0.677. The maximum absolute atomic E-state index is 11.8. The highest BCUT2D eigenvalue weighted by molar-refractivity contribution is 5.85. The maximum atomic E-state index is 11.8. The van der Waals surface area contributed by atoms with E-state index in [-0.39, 0.29) is 36.1 Å². The Balaban J connectivity index is 0.00000484. The van der Waals surface area contributed by atoms with Crippen LogP contribution in [-0.2, 0) is 19.7 Å². The van der Waals surface area contributed by atoms with E-state index in [0.29, 0.717) is 0 Å².